The Morgan fingerprint density at radius 1 is 1.28 bits per heavy atom. The van der Waals surface area contributed by atoms with E-state index in [1.807, 2.05) is 0 Å². The van der Waals surface area contributed by atoms with Gasteiger partial charge >= 0.3 is 0 Å². The molecule has 1 N–H and O–H groups in total. The normalized spacial score (nSPS) is 10.1. The number of carbonyl (C=O) groups excluding carboxylic acids is 2. The first-order valence-electron chi connectivity index (χ1n) is 5.47. The Hall–Kier alpha value is -2.43. The van der Waals surface area contributed by atoms with Gasteiger partial charge in [-0.3, -0.25) is 9.59 Å². The zero-order chi connectivity index (χ0) is 13.1. The lowest BCUT2D eigenvalue weighted by atomic mass is 10.1. The third-order valence-electron chi connectivity index (χ3n) is 2.60. The van der Waals surface area contributed by atoms with Crippen LogP contribution in [0.1, 0.15) is 27.8 Å². The molecule has 0 aliphatic rings. The molecule has 0 saturated heterocycles. The molecule has 0 aliphatic heterocycles. The van der Waals surface area contributed by atoms with E-state index in [0.29, 0.717) is 16.9 Å². The van der Waals surface area contributed by atoms with E-state index in [1.54, 1.807) is 42.2 Å². The fraction of sp³-hybridized carbons (Fsp3) is 0.154. The van der Waals surface area contributed by atoms with E-state index in [9.17, 15) is 9.59 Å². The number of hydrogen-bond donors (Lipinski definition) is 1. The maximum atomic E-state index is 12.0. The molecule has 1 heterocycles. The van der Waals surface area contributed by atoms with E-state index in [2.05, 4.69) is 10.3 Å². The van der Waals surface area contributed by atoms with Crippen molar-refractivity contribution in [2.75, 3.05) is 5.32 Å². The van der Waals surface area contributed by atoms with E-state index in [4.69, 9.17) is 0 Å². The van der Waals surface area contributed by atoms with Crippen LogP contribution >= 0.6 is 0 Å². The van der Waals surface area contributed by atoms with Gasteiger partial charge in [0.1, 0.15) is 5.69 Å². The van der Waals surface area contributed by atoms with E-state index in [1.165, 1.54) is 13.1 Å². The number of nitrogens with one attached hydrogen (secondary N) is 1. The molecule has 2 rings (SSSR count). The summed E-state index contributed by atoms with van der Waals surface area (Å²) in [5.74, 6) is -0.375. The lowest BCUT2D eigenvalue weighted by molar-refractivity contribution is 0.101. The number of benzene rings is 1. The summed E-state index contributed by atoms with van der Waals surface area (Å²) in [6.45, 7) is 1.47. The molecule has 1 amide bonds. The lowest BCUT2D eigenvalue weighted by Gasteiger charge is -2.08. The molecule has 0 radical (unpaired) electrons. The van der Waals surface area contributed by atoms with Crippen molar-refractivity contribution >= 4 is 17.4 Å². The zero-order valence-corrected chi connectivity index (χ0v) is 10.2. The number of carbonyl (C=O) groups is 2. The highest BCUT2D eigenvalue weighted by atomic mass is 16.2. The minimum Gasteiger partial charge on any atom is -0.330 e. The molecule has 0 spiro atoms. The third-order valence-corrected chi connectivity index (χ3v) is 2.60. The van der Waals surface area contributed by atoms with E-state index >= 15 is 0 Å². The molecule has 5 heteroatoms. The fourth-order valence-electron chi connectivity index (χ4n) is 1.66. The molecule has 0 aliphatic carbocycles. The first-order chi connectivity index (χ1) is 8.59. The molecule has 18 heavy (non-hydrogen) atoms. The summed E-state index contributed by atoms with van der Waals surface area (Å²) in [6.07, 6.45) is 3.03. The van der Waals surface area contributed by atoms with Crippen molar-refractivity contribution < 1.29 is 9.59 Å². The van der Waals surface area contributed by atoms with Crippen LogP contribution in [0.3, 0.4) is 0 Å². The van der Waals surface area contributed by atoms with Gasteiger partial charge in [0.25, 0.3) is 5.91 Å². The first-order valence-corrected chi connectivity index (χ1v) is 5.47. The summed E-state index contributed by atoms with van der Waals surface area (Å²) in [7, 11) is 1.73. The fourth-order valence-corrected chi connectivity index (χ4v) is 1.66. The molecule has 0 saturated carbocycles. The van der Waals surface area contributed by atoms with Gasteiger partial charge in [0.15, 0.2) is 5.78 Å². The number of para-hydroxylation sites is 1. The number of nitrogens with zero attached hydrogens (tertiary/aromatic N) is 2. The number of ketones is 1. The van der Waals surface area contributed by atoms with Crippen LogP contribution < -0.4 is 5.32 Å². The predicted molar refractivity (Wildman–Crippen MR) is 67.6 cm³/mol. The van der Waals surface area contributed by atoms with Crippen molar-refractivity contribution in [1.29, 1.82) is 0 Å². The van der Waals surface area contributed by atoms with Gasteiger partial charge in [0.05, 0.1) is 18.2 Å². The van der Waals surface area contributed by atoms with Crippen molar-refractivity contribution in [3.63, 3.8) is 0 Å². The molecule has 5 nitrogen and oxygen atoms in total. The number of anilines is 1. The maximum absolute atomic E-state index is 12.0. The minimum atomic E-state index is -0.288. The Morgan fingerprint density at radius 2 is 2.00 bits per heavy atom. The van der Waals surface area contributed by atoms with Crippen molar-refractivity contribution in [2.45, 2.75) is 6.92 Å². The predicted octanol–water partition coefficient (Wildman–Crippen LogP) is 1.87. The average molecular weight is 243 g/mol. The number of aryl methyl sites for hydroxylation is 1. The zero-order valence-electron chi connectivity index (χ0n) is 10.2. The van der Waals surface area contributed by atoms with Crippen LogP contribution in [0.4, 0.5) is 5.69 Å². The average Bonchev–Trinajstić information content (AvgIpc) is 2.76. The van der Waals surface area contributed by atoms with Gasteiger partial charge in [0, 0.05) is 12.6 Å². The Kier molecular flexibility index (Phi) is 3.23. The standard InChI is InChI=1S/C13H13N3O2/c1-9(17)10-5-3-4-6-11(10)15-13(18)12-7-14-8-16(12)2/h3-8H,1-2H3,(H,15,18). The molecule has 1 aromatic carbocycles. The van der Waals surface area contributed by atoms with Gasteiger partial charge in [-0.2, -0.15) is 0 Å². The molecular weight excluding hydrogens is 230 g/mol. The van der Waals surface area contributed by atoms with Crippen LogP contribution in [0.25, 0.3) is 0 Å². The van der Waals surface area contributed by atoms with Crippen LogP contribution in [0, 0.1) is 0 Å². The molecule has 0 unspecified atom stereocenters. The van der Waals surface area contributed by atoms with E-state index < -0.39 is 0 Å². The molecule has 0 atom stereocenters. The van der Waals surface area contributed by atoms with Crippen molar-refractivity contribution in [3.8, 4) is 0 Å². The Balaban J connectivity index is 2.28. The number of aromatic nitrogens is 2. The highest BCUT2D eigenvalue weighted by Gasteiger charge is 2.13. The van der Waals surface area contributed by atoms with Gasteiger partial charge < -0.3 is 9.88 Å². The van der Waals surface area contributed by atoms with Gasteiger partial charge in [-0.05, 0) is 19.1 Å². The second kappa shape index (κ2) is 4.83. The van der Waals surface area contributed by atoms with Crippen LogP contribution in [-0.2, 0) is 7.05 Å². The second-order valence-electron chi connectivity index (χ2n) is 3.95. The maximum Gasteiger partial charge on any atom is 0.273 e. The molecule has 1 aromatic heterocycles. The Morgan fingerprint density at radius 3 is 2.61 bits per heavy atom. The number of imidazole rings is 1. The molecule has 0 bridgehead atoms. The summed E-state index contributed by atoms with van der Waals surface area (Å²) >= 11 is 0. The molecule has 0 fully saturated rings. The summed E-state index contributed by atoms with van der Waals surface area (Å²) in [5, 5.41) is 2.71. The van der Waals surface area contributed by atoms with Gasteiger partial charge in [-0.15, -0.1) is 0 Å². The van der Waals surface area contributed by atoms with Crippen LogP contribution in [0.2, 0.25) is 0 Å². The highest BCUT2D eigenvalue weighted by molar-refractivity contribution is 6.08. The smallest absolute Gasteiger partial charge is 0.273 e. The number of Topliss-reactive ketones (excluding diaryl/α,β-unsaturated/α-hetero) is 1. The van der Waals surface area contributed by atoms with Gasteiger partial charge in [0.2, 0.25) is 0 Å². The quantitative estimate of drug-likeness (QED) is 0.837. The monoisotopic (exact) mass is 243 g/mol. The van der Waals surface area contributed by atoms with Crippen LogP contribution in [0.15, 0.2) is 36.8 Å². The van der Waals surface area contributed by atoms with E-state index in [-0.39, 0.29) is 11.7 Å². The lowest BCUT2D eigenvalue weighted by Crippen LogP contribution is -2.17. The van der Waals surface area contributed by atoms with Crippen molar-refractivity contribution in [1.82, 2.24) is 9.55 Å². The number of rotatable bonds is 3. The summed E-state index contributed by atoms with van der Waals surface area (Å²) in [4.78, 5) is 27.3. The van der Waals surface area contributed by atoms with E-state index in [0.717, 1.165) is 0 Å². The van der Waals surface area contributed by atoms with Crippen LogP contribution in [-0.4, -0.2) is 21.2 Å². The Bertz CT molecular complexity index is 602. The molecule has 92 valence electrons. The number of hydrogen-bond acceptors (Lipinski definition) is 3. The topological polar surface area (TPSA) is 64.0 Å². The molecular formula is C13H13N3O2. The molecule has 2 aromatic rings. The van der Waals surface area contributed by atoms with Crippen LogP contribution in [0.5, 0.6) is 0 Å². The third kappa shape index (κ3) is 2.29. The second-order valence-corrected chi connectivity index (χ2v) is 3.95. The minimum absolute atomic E-state index is 0.0871. The Labute approximate surface area is 104 Å². The van der Waals surface area contributed by atoms with Gasteiger partial charge in [-0.1, -0.05) is 12.1 Å². The summed E-state index contributed by atoms with van der Waals surface area (Å²) < 4.78 is 1.62. The SMILES string of the molecule is CC(=O)c1ccccc1NC(=O)c1cncn1C. The summed E-state index contributed by atoms with van der Waals surface area (Å²) in [6, 6.07) is 6.91. The first kappa shape index (κ1) is 12.0. The number of amides is 1. The summed E-state index contributed by atoms with van der Waals surface area (Å²) in [5.41, 5.74) is 1.44. The van der Waals surface area contributed by atoms with Gasteiger partial charge in [-0.25, -0.2) is 4.98 Å². The van der Waals surface area contributed by atoms with Crippen molar-refractivity contribution in [3.05, 3.63) is 48.0 Å². The largest absolute Gasteiger partial charge is 0.330 e. The highest BCUT2D eigenvalue weighted by Crippen LogP contribution is 2.16. The van der Waals surface area contributed by atoms with Crippen molar-refractivity contribution in [2.24, 2.45) is 7.05 Å².